The van der Waals surface area contributed by atoms with Crippen LogP contribution in [0.4, 0.5) is 0 Å². The normalized spacial score (nSPS) is 11.9. The van der Waals surface area contributed by atoms with Gasteiger partial charge in [0, 0.05) is 12.1 Å². The number of carbonyl (C=O) groups excluding carboxylic acids is 1. The van der Waals surface area contributed by atoms with Crippen LogP contribution in [-0.2, 0) is 0 Å². The number of nitrogens with zero attached hydrogens (tertiary/aromatic N) is 2. The van der Waals surface area contributed by atoms with Crippen LogP contribution >= 0.6 is 0 Å². The molecule has 1 unspecified atom stereocenters. The minimum absolute atomic E-state index is 0.0666. The van der Waals surface area contributed by atoms with Gasteiger partial charge in [0.05, 0.1) is 25.1 Å². The Labute approximate surface area is 121 Å². The molecule has 0 aliphatic carbocycles. The Balaban J connectivity index is 2.62. The average Bonchev–Trinajstić information content (AvgIpc) is 2.47. The van der Waals surface area contributed by atoms with Gasteiger partial charge in [-0.15, -0.1) is 0 Å². The van der Waals surface area contributed by atoms with E-state index in [1.807, 2.05) is 37.8 Å². The van der Waals surface area contributed by atoms with E-state index in [0.29, 0.717) is 25.3 Å². The SMILES string of the molecule is CCOc1ccc(C(=O)CN(CC)CC(C)C#N)cc1. The lowest BCUT2D eigenvalue weighted by Gasteiger charge is -2.20. The van der Waals surface area contributed by atoms with Crippen molar-refractivity contribution in [2.45, 2.75) is 20.8 Å². The van der Waals surface area contributed by atoms with Gasteiger partial charge in [-0.05, 0) is 44.7 Å². The summed E-state index contributed by atoms with van der Waals surface area (Å²) in [4.78, 5) is 14.2. The van der Waals surface area contributed by atoms with Crippen LogP contribution in [0.15, 0.2) is 24.3 Å². The second-order valence-corrected chi connectivity index (χ2v) is 4.74. The Morgan fingerprint density at radius 2 is 2.00 bits per heavy atom. The smallest absolute Gasteiger partial charge is 0.176 e. The predicted molar refractivity (Wildman–Crippen MR) is 78.8 cm³/mol. The van der Waals surface area contributed by atoms with E-state index in [2.05, 4.69) is 6.07 Å². The molecule has 1 rings (SSSR count). The summed E-state index contributed by atoms with van der Waals surface area (Å²) >= 11 is 0. The minimum atomic E-state index is -0.0666. The van der Waals surface area contributed by atoms with Crippen molar-refractivity contribution in [3.05, 3.63) is 29.8 Å². The number of ketones is 1. The molecule has 0 saturated heterocycles. The summed E-state index contributed by atoms with van der Waals surface area (Å²) in [5.74, 6) is 0.776. The summed E-state index contributed by atoms with van der Waals surface area (Å²) in [7, 11) is 0. The Morgan fingerprint density at radius 1 is 1.35 bits per heavy atom. The van der Waals surface area contributed by atoms with Crippen molar-refractivity contribution in [1.29, 1.82) is 5.26 Å². The Hall–Kier alpha value is -1.86. The van der Waals surface area contributed by atoms with Crippen LogP contribution in [0, 0.1) is 17.2 Å². The summed E-state index contributed by atoms with van der Waals surface area (Å²) in [5.41, 5.74) is 0.677. The molecule has 0 N–H and O–H groups in total. The van der Waals surface area contributed by atoms with Gasteiger partial charge >= 0.3 is 0 Å². The number of hydrogen-bond donors (Lipinski definition) is 0. The van der Waals surface area contributed by atoms with Crippen LogP contribution in [0.5, 0.6) is 5.75 Å². The van der Waals surface area contributed by atoms with Crippen LogP contribution in [-0.4, -0.2) is 36.9 Å². The van der Waals surface area contributed by atoms with E-state index in [9.17, 15) is 4.79 Å². The number of Topliss-reactive ketones (excluding diaryl/α,β-unsaturated/α-hetero) is 1. The number of nitriles is 1. The fourth-order valence-electron chi connectivity index (χ4n) is 1.93. The van der Waals surface area contributed by atoms with Crippen molar-refractivity contribution in [3.63, 3.8) is 0 Å². The standard InChI is InChI=1S/C16H22N2O2/c1-4-18(11-13(3)10-17)12-16(19)14-6-8-15(9-7-14)20-5-2/h6-9,13H,4-5,11-12H2,1-3H3. The third-order valence-corrected chi connectivity index (χ3v) is 3.05. The van der Waals surface area contributed by atoms with Gasteiger partial charge in [0.1, 0.15) is 5.75 Å². The highest BCUT2D eigenvalue weighted by atomic mass is 16.5. The van der Waals surface area contributed by atoms with Crippen molar-refractivity contribution >= 4 is 5.78 Å². The highest BCUT2D eigenvalue weighted by Gasteiger charge is 2.13. The molecule has 108 valence electrons. The Bertz CT molecular complexity index is 462. The van der Waals surface area contributed by atoms with Gasteiger partial charge in [-0.3, -0.25) is 9.69 Å². The first kappa shape index (κ1) is 16.2. The average molecular weight is 274 g/mol. The maximum Gasteiger partial charge on any atom is 0.176 e. The Morgan fingerprint density at radius 3 is 2.50 bits per heavy atom. The van der Waals surface area contributed by atoms with Crippen LogP contribution in [0.2, 0.25) is 0 Å². The second-order valence-electron chi connectivity index (χ2n) is 4.74. The molecule has 0 spiro atoms. The highest BCUT2D eigenvalue weighted by molar-refractivity contribution is 5.97. The first-order valence-electron chi connectivity index (χ1n) is 6.98. The zero-order chi connectivity index (χ0) is 15.0. The van der Waals surface area contributed by atoms with E-state index in [-0.39, 0.29) is 11.7 Å². The van der Waals surface area contributed by atoms with Gasteiger partial charge in [0.25, 0.3) is 0 Å². The summed E-state index contributed by atoms with van der Waals surface area (Å²) < 4.78 is 5.35. The van der Waals surface area contributed by atoms with Gasteiger partial charge in [0.2, 0.25) is 0 Å². The lowest BCUT2D eigenvalue weighted by Crippen LogP contribution is -2.33. The molecule has 1 aromatic rings. The lowest BCUT2D eigenvalue weighted by molar-refractivity contribution is 0.0929. The van der Waals surface area contributed by atoms with Crippen molar-refractivity contribution in [1.82, 2.24) is 4.90 Å². The molecule has 0 radical (unpaired) electrons. The summed E-state index contributed by atoms with van der Waals surface area (Å²) in [6.45, 7) is 8.12. The van der Waals surface area contributed by atoms with Gasteiger partial charge in [0.15, 0.2) is 5.78 Å². The molecule has 0 bridgehead atoms. The fourth-order valence-corrected chi connectivity index (χ4v) is 1.93. The molecule has 0 amide bonds. The molecule has 1 aromatic carbocycles. The molecule has 4 nitrogen and oxygen atoms in total. The van der Waals surface area contributed by atoms with Crippen LogP contribution in [0.1, 0.15) is 31.1 Å². The molecule has 0 aliphatic heterocycles. The number of carbonyl (C=O) groups is 1. The number of hydrogen-bond acceptors (Lipinski definition) is 4. The maximum atomic E-state index is 12.2. The lowest BCUT2D eigenvalue weighted by atomic mass is 10.1. The van der Waals surface area contributed by atoms with Crippen molar-refractivity contribution < 1.29 is 9.53 Å². The van der Waals surface area contributed by atoms with E-state index >= 15 is 0 Å². The second kappa shape index (κ2) is 8.34. The molecule has 1 atom stereocenters. The molecule has 0 saturated carbocycles. The van der Waals surface area contributed by atoms with E-state index < -0.39 is 0 Å². The van der Waals surface area contributed by atoms with Gasteiger partial charge in [-0.2, -0.15) is 5.26 Å². The first-order chi connectivity index (χ1) is 9.60. The van der Waals surface area contributed by atoms with E-state index in [4.69, 9.17) is 10.00 Å². The van der Waals surface area contributed by atoms with Crippen molar-refractivity contribution in [2.24, 2.45) is 5.92 Å². The summed E-state index contributed by atoms with van der Waals surface area (Å²) in [6, 6.07) is 9.39. The number of ether oxygens (including phenoxy) is 1. The van der Waals surface area contributed by atoms with Crippen molar-refractivity contribution in [3.8, 4) is 11.8 Å². The van der Waals surface area contributed by atoms with Gasteiger partial charge in [-0.1, -0.05) is 6.92 Å². The Kier molecular flexibility index (Phi) is 6.75. The molecule has 20 heavy (non-hydrogen) atoms. The molecule has 0 aromatic heterocycles. The van der Waals surface area contributed by atoms with Crippen molar-refractivity contribution in [2.75, 3.05) is 26.2 Å². The quantitative estimate of drug-likeness (QED) is 0.684. The minimum Gasteiger partial charge on any atom is -0.494 e. The molecular formula is C16H22N2O2. The molecule has 0 fully saturated rings. The number of benzene rings is 1. The van der Waals surface area contributed by atoms with E-state index in [0.717, 1.165) is 12.3 Å². The first-order valence-corrected chi connectivity index (χ1v) is 6.98. The number of rotatable bonds is 8. The third-order valence-electron chi connectivity index (χ3n) is 3.05. The highest BCUT2D eigenvalue weighted by Crippen LogP contribution is 2.13. The van der Waals surface area contributed by atoms with Gasteiger partial charge < -0.3 is 4.74 Å². The third kappa shape index (κ3) is 5.02. The van der Waals surface area contributed by atoms with Gasteiger partial charge in [-0.25, -0.2) is 0 Å². The largest absolute Gasteiger partial charge is 0.494 e. The molecular weight excluding hydrogens is 252 g/mol. The summed E-state index contributed by atoms with van der Waals surface area (Å²) in [5, 5.41) is 8.84. The predicted octanol–water partition coefficient (Wildman–Crippen LogP) is 2.75. The van der Waals surface area contributed by atoms with Crippen LogP contribution < -0.4 is 4.74 Å². The molecule has 0 aliphatic rings. The van der Waals surface area contributed by atoms with Crippen LogP contribution in [0.25, 0.3) is 0 Å². The number of likely N-dealkylation sites (N-methyl/N-ethyl adjacent to an activating group) is 1. The van der Waals surface area contributed by atoms with E-state index in [1.165, 1.54) is 0 Å². The summed E-state index contributed by atoms with van der Waals surface area (Å²) in [6.07, 6.45) is 0. The zero-order valence-corrected chi connectivity index (χ0v) is 12.4. The fraction of sp³-hybridized carbons (Fsp3) is 0.500. The molecule has 0 heterocycles. The van der Waals surface area contributed by atoms with Crippen LogP contribution in [0.3, 0.4) is 0 Å². The maximum absolute atomic E-state index is 12.2. The monoisotopic (exact) mass is 274 g/mol. The molecule has 4 heteroatoms. The van der Waals surface area contributed by atoms with E-state index in [1.54, 1.807) is 12.1 Å². The zero-order valence-electron chi connectivity index (χ0n) is 12.4. The topological polar surface area (TPSA) is 53.3 Å².